The quantitative estimate of drug-likeness (QED) is 0.680. The van der Waals surface area contributed by atoms with E-state index in [0.29, 0.717) is 12.4 Å². The van der Waals surface area contributed by atoms with Gasteiger partial charge in [0.2, 0.25) is 0 Å². The summed E-state index contributed by atoms with van der Waals surface area (Å²) in [6.45, 7) is 2.77. The molecule has 0 spiro atoms. The van der Waals surface area contributed by atoms with E-state index in [0.717, 1.165) is 12.8 Å². The Kier molecular flexibility index (Phi) is 5.87. The van der Waals surface area contributed by atoms with E-state index < -0.39 is 0 Å². The van der Waals surface area contributed by atoms with Crippen LogP contribution in [-0.2, 0) is 6.54 Å². The van der Waals surface area contributed by atoms with E-state index in [1.807, 2.05) is 6.07 Å². The van der Waals surface area contributed by atoms with E-state index in [1.54, 1.807) is 18.3 Å². The molecule has 0 saturated heterocycles. The van der Waals surface area contributed by atoms with Crippen molar-refractivity contribution in [2.75, 3.05) is 6.61 Å². The van der Waals surface area contributed by atoms with Crippen molar-refractivity contribution in [2.45, 2.75) is 39.2 Å². The first-order valence-corrected chi connectivity index (χ1v) is 5.98. The Balaban J connectivity index is 2.51. The molecule has 0 saturated carbocycles. The van der Waals surface area contributed by atoms with Crippen LogP contribution in [0.4, 0.5) is 0 Å². The summed E-state index contributed by atoms with van der Waals surface area (Å²) in [4.78, 5) is 11.8. The van der Waals surface area contributed by atoms with E-state index in [9.17, 15) is 4.79 Å². The van der Waals surface area contributed by atoms with E-state index >= 15 is 0 Å². The molecule has 92 valence electrons. The van der Waals surface area contributed by atoms with Crippen LogP contribution in [0, 0.1) is 11.3 Å². The summed E-state index contributed by atoms with van der Waals surface area (Å²) >= 11 is 0. The van der Waals surface area contributed by atoms with Gasteiger partial charge in [-0.25, -0.2) is 0 Å². The molecule has 1 rings (SSSR count). The molecule has 0 fully saturated rings. The number of aromatic nitrogens is 1. The third-order valence-electron chi connectivity index (χ3n) is 2.48. The van der Waals surface area contributed by atoms with Gasteiger partial charge in [-0.3, -0.25) is 9.36 Å². The topological polar surface area (TPSA) is 55.0 Å². The minimum atomic E-state index is -0.232. The SMILES string of the molecule is CCCCCCOc1cccn(CC#N)c1=O. The molecule has 0 aliphatic carbocycles. The molecule has 0 aliphatic rings. The molecular formula is C13H18N2O2. The summed E-state index contributed by atoms with van der Waals surface area (Å²) in [5.41, 5.74) is -0.232. The molecule has 17 heavy (non-hydrogen) atoms. The summed E-state index contributed by atoms with van der Waals surface area (Å²) in [6, 6.07) is 5.31. The predicted molar refractivity (Wildman–Crippen MR) is 66.0 cm³/mol. The fraction of sp³-hybridized carbons (Fsp3) is 0.538. The van der Waals surface area contributed by atoms with Crippen LogP contribution in [-0.4, -0.2) is 11.2 Å². The van der Waals surface area contributed by atoms with Crippen molar-refractivity contribution < 1.29 is 4.74 Å². The van der Waals surface area contributed by atoms with Crippen LogP contribution in [0.2, 0.25) is 0 Å². The van der Waals surface area contributed by atoms with Crippen LogP contribution < -0.4 is 10.3 Å². The van der Waals surface area contributed by atoms with E-state index in [1.165, 1.54) is 17.4 Å². The summed E-state index contributed by atoms with van der Waals surface area (Å²) in [5, 5.41) is 8.56. The maximum absolute atomic E-state index is 11.8. The zero-order chi connectivity index (χ0) is 12.5. The molecule has 1 aromatic rings. The molecule has 1 heterocycles. The molecular weight excluding hydrogens is 216 g/mol. The van der Waals surface area contributed by atoms with E-state index in [2.05, 4.69) is 6.92 Å². The lowest BCUT2D eigenvalue weighted by Crippen LogP contribution is -2.21. The summed E-state index contributed by atoms with van der Waals surface area (Å²) < 4.78 is 6.78. The zero-order valence-electron chi connectivity index (χ0n) is 10.2. The summed E-state index contributed by atoms with van der Waals surface area (Å²) in [7, 11) is 0. The van der Waals surface area contributed by atoms with Gasteiger partial charge in [0.25, 0.3) is 5.56 Å². The number of nitrogens with zero attached hydrogens (tertiary/aromatic N) is 2. The lowest BCUT2D eigenvalue weighted by Gasteiger charge is -2.07. The highest BCUT2D eigenvalue weighted by atomic mass is 16.5. The highest BCUT2D eigenvalue weighted by molar-refractivity contribution is 5.17. The number of unbranched alkanes of at least 4 members (excludes halogenated alkanes) is 3. The molecule has 0 amide bonds. The zero-order valence-corrected chi connectivity index (χ0v) is 10.2. The third-order valence-corrected chi connectivity index (χ3v) is 2.48. The fourth-order valence-corrected chi connectivity index (χ4v) is 1.54. The molecule has 1 aromatic heterocycles. The molecule has 0 radical (unpaired) electrons. The number of nitriles is 1. The highest BCUT2D eigenvalue weighted by Crippen LogP contribution is 2.04. The first-order chi connectivity index (χ1) is 8.29. The van der Waals surface area contributed by atoms with Crippen LogP contribution in [0.15, 0.2) is 23.1 Å². The summed E-state index contributed by atoms with van der Waals surface area (Å²) in [5.74, 6) is 0.333. The minimum Gasteiger partial charge on any atom is -0.488 e. The second-order valence-corrected chi connectivity index (χ2v) is 3.87. The van der Waals surface area contributed by atoms with Crippen molar-refractivity contribution in [1.82, 2.24) is 4.57 Å². The lowest BCUT2D eigenvalue weighted by atomic mass is 10.2. The van der Waals surface area contributed by atoms with E-state index in [4.69, 9.17) is 10.00 Å². The Hall–Kier alpha value is -1.76. The fourth-order valence-electron chi connectivity index (χ4n) is 1.54. The molecule has 0 unspecified atom stereocenters. The van der Waals surface area contributed by atoms with Gasteiger partial charge < -0.3 is 4.74 Å². The molecule has 4 nitrogen and oxygen atoms in total. The third kappa shape index (κ3) is 4.31. The van der Waals surface area contributed by atoms with Crippen LogP contribution in [0.5, 0.6) is 5.75 Å². The maximum Gasteiger partial charge on any atom is 0.293 e. The van der Waals surface area contributed by atoms with Gasteiger partial charge >= 0.3 is 0 Å². The van der Waals surface area contributed by atoms with Crippen molar-refractivity contribution >= 4 is 0 Å². The molecule has 0 N–H and O–H groups in total. The van der Waals surface area contributed by atoms with Crippen LogP contribution in [0.25, 0.3) is 0 Å². The van der Waals surface area contributed by atoms with Gasteiger partial charge in [0.1, 0.15) is 6.54 Å². The van der Waals surface area contributed by atoms with Crippen LogP contribution in [0.1, 0.15) is 32.6 Å². The Bertz CT molecular complexity index is 432. The standard InChI is InChI=1S/C13H18N2O2/c1-2-3-4-5-11-17-12-7-6-9-15(10-8-14)13(12)16/h6-7,9H,2-5,10-11H2,1H3. The number of hydrogen-bond acceptors (Lipinski definition) is 3. The normalized spacial score (nSPS) is 9.88. The number of pyridine rings is 1. The van der Waals surface area contributed by atoms with Gasteiger partial charge in [0.05, 0.1) is 12.7 Å². The largest absolute Gasteiger partial charge is 0.488 e. The molecule has 4 heteroatoms. The first kappa shape index (κ1) is 13.3. The van der Waals surface area contributed by atoms with Crippen LogP contribution >= 0.6 is 0 Å². The smallest absolute Gasteiger partial charge is 0.293 e. The molecule has 0 aromatic carbocycles. The van der Waals surface area contributed by atoms with Gasteiger partial charge in [-0.05, 0) is 18.6 Å². The summed E-state index contributed by atoms with van der Waals surface area (Å²) in [6.07, 6.45) is 6.04. The van der Waals surface area contributed by atoms with Gasteiger partial charge in [-0.1, -0.05) is 26.2 Å². The average Bonchev–Trinajstić information content (AvgIpc) is 2.33. The number of hydrogen-bond donors (Lipinski definition) is 0. The van der Waals surface area contributed by atoms with Crippen molar-refractivity contribution in [3.05, 3.63) is 28.7 Å². The first-order valence-electron chi connectivity index (χ1n) is 5.98. The van der Waals surface area contributed by atoms with Gasteiger partial charge in [-0.15, -0.1) is 0 Å². The lowest BCUT2D eigenvalue weighted by molar-refractivity contribution is 0.299. The van der Waals surface area contributed by atoms with Crippen molar-refractivity contribution in [3.63, 3.8) is 0 Å². The van der Waals surface area contributed by atoms with Crippen molar-refractivity contribution in [2.24, 2.45) is 0 Å². The average molecular weight is 234 g/mol. The number of ether oxygens (including phenoxy) is 1. The van der Waals surface area contributed by atoms with Crippen molar-refractivity contribution in [1.29, 1.82) is 5.26 Å². The molecule has 0 atom stereocenters. The second kappa shape index (κ2) is 7.50. The Morgan fingerprint density at radius 2 is 2.24 bits per heavy atom. The van der Waals surface area contributed by atoms with E-state index in [-0.39, 0.29) is 12.1 Å². The molecule has 0 bridgehead atoms. The van der Waals surface area contributed by atoms with Gasteiger partial charge in [-0.2, -0.15) is 5.26 Å². The number of rotatable bonds is 7. The highest BCUT2D eigenvalue weighted by Gasteiger charge is 2.03. The van der Waals surface area contributed by atoms with Gasteiger partial charge in [0.15, 0.2) is 5.75 Å². The molecule has 0 aliphatic heterocycles. The minimum absolute atomic E-state index is 0.0614. The maximum atomic E-state index is 11.8. The predicted octanol–water partition coefficient (Wildman–Crippen LogP) is 2.33. The van der Waals surface area contributed by atoms with Crippen molar-refractivity contribution in [3.8, 4) is 11.8 Å². The second-order valence-electron chi connectivity index (χ2n) is 3.87. The monoisotopic (exact) mass is 234 g/mol. The Morgan fingerprint density at radius 3 is 2.94 bits per heavy atom. The Morgan fingerprint density at radius 1 is 1.41 bits per heavy atom. The Labute approximate surface area is 101 Å². The van der Waals surface area contributed by atoms with Gasteiger partial charge in [0, 0.05) is 6.20 Å². The van der Waals surface area contributed by atoms with Crippen LogP contribution in [0.3, 0.4) is 0 Å².